The average molecular weight is 233 g/mol. The van der Waals surface area contributed by atoms with Crippen molar-refractivity contribution < 1.29 is 4.79 Å². The number of anilines is 1. The Hall–Kier alpha value is -1.57. The molecular formula is C15H23NO. The first kappa shape index (κ1) is 15.4. The van der Waals surface area contributed by atoms with Crippen molar-refractivity contribution in [3.05, 3.63) is 42.5 Å². The van der Waals surface area contributed by atoms with Crippen molar-refractivity contribution in [3.63, 3.8) is 0 Å². The first-order valence-corrected chi connectivity index (χ1v) is 5.63. The fourth-order valence-corrected chi connectivity index (χ4v) is 1.62. The second-order valence-corrected chi connectivity index (χ2v) is 4.75. The second-order valence-electron chi connectivity index (χ2n) is 4.75. The predicted molar refractivity (Wildman–Crippen MR) is 75.9 cm³/mol. The Bertz CT molecular complexity index is 381. The molecule has 0 aliphatic heterocycles. The summed E-state index contributed by atoms with van der Waals surface area (Å²) in [5.41, 5.74) is 2.96. The van der Waals surface area contributed by atoms with Gasteiger partial charge in [-0.1, -0.05) is 17.7 Å². The summed E-state index contributed by atoms with van der Waals surface area (Å²) in [6.45, 7) is 11.9. The zero-order valence-corrected chi connectivity index (χ0v) is 11.6. The van der Waals surface area contributed by atoms with E-state index in [0.717, 1.165) is 17.5 Å². The van der Waals surface area contributed by atoms with Gasteiger partial charge in [0.05, 0.1) is 0 Å². The molecule has 17 heavy (non-hydrogen) atoms. The fraction of sp³-hybridized carbons (Fsp3) is 0.400. The summed E-state index contributed by atoms with van der Waals surface area (Å²) >= 11 is 0. The van der Waals surface area contributed by atoms with E-state index in [1.807, 2.05) is 39.8 Å². The average Bonchev–Trinajstić information content (AvgIpc) is 2.31. The first-order chi connectivity index (χ1) is 7.88. The van der Waals surface area contributed by atoms with Crippen LogP contribution in [-0.4, -0.2) is 20.4 Å². The van der Waals surface area contributed by atoms with Crippen LogP contribution in [0.2, 0.25) is 0 Å². The van der Waals surface area contributed by atoms with Gasteiger partial charge < -0.3 is 9.69 Å². The summed E-state index contributed by atoms with van der Waals surface area (Å²) in [5, 5.41) is 0. The number of aldehydes is 1. The zero-order chi connectivity index (χ0) is 13.6. The first-order valence-electron chi connectivity index (χ1n) is 5.63. The SMILES string of the molecule is C=C.Cc1ccc(N(C)C)c(C(C)(C)C=O)c1. The number of carbonyl (C=O) groups is 1. The van der Waals surface area contributed by atoms with Crippen molar-refractivity contribution in [2.45, 2.75) is 26.2 Å². The molecule has 94 valence electrons. The molecule has 0 spiro atoms. The van der Waals surface area contributed by atoms with Crippen molar-refractivity contribution in [2.24, 2.45) is 0 Å². The van der Waals surface area contributed by atoms with Crippen LogP contribution in [0.5, 0.6) is 0 Å². The van der Waals surface area contributed by atoms with Gasteiger partial charge in [0, 0.05) is 25.2 Å². The topological polar surface area (TPSA) is 20.3 Å². The lowest BCUT2D eigenvalue weighted by atomic mass is 9.84. The molecule has 0 N–H and O–H groups in total. The smallest absolute Gasteiger partial charge is 0.130 e. The van der Waals surface area contributed by atoms with Crippen molar-refractivity contribution in [3.8, 4) is 0 Å². The molecule has 2 heteroatoms. The standard InChI is InChI=1S/C13H19NO.C2H4/c1-10-6-7-12(14(4)5)11(8-10)13(2,3)9-15;1-2/h6-9H,1-5H3;1-2H2. The summed E-state index contributed by atoms with van der Waals surface area (Å²) in [5.74, 6) is 0. The molecule has 0 radical (unpaired) electrons. The molecule has 0 saturated heterocycles. The van der Waals surface area contributed by atoms with Gasteiger partial charge in [-0.2, -0.15) is 0 Å². The van der Waals surface area contributed by atoms with E-state index < -0.39 is 5.41 Å². The predicted octanol–water partition coefficient (Wildman–Crippen LogP) is 3.34. The largest absolute Gasteiger partial charge is 0.377 e. The van der Waals surface area contributed by atoms with Crippen LogP contribution in [0.4, 0.5) is 5.69 Å². The summed E-state index contributed by atoms with van der Waals surface area (Å²) in [7, 11) is 3.99. The van der Waals surface area contributed by atoms with E-state index >= 15 is 0 Å². The van der Waals surface area contributed by atoms with E-state index in [2.05, 4.69) is 31.4 Å². The lowest BCUT2D eigenvalue weighted by Crippen LogP contribution is -2.23. The number of rotatable bonds is 3. The maximum Gasteiger partial charge on any atom is 0.130 e. The minimum absolute atomic E-state index is 0.425. The lowest BCUT2D eigenvalue weighted by Gasteiger charge is -2.26. The molecule has 1 aromatic carbocycles. The highest BCUT2D eigenvalue weighted by atomic mass is 16.1. The van der Waals surface area contributed by atoms with E-state index in [1.165, 1.54) is 5.56 Å². The Morgan fingerprint density at radius 3 is 2.18 bits per heavy atom. The highest BCUT2D eigenvalue weighted by molar-refractivity contribution is 5.73. The third-order valence-corrected chi connectivity index (χ3v) is 2.62. The Morgan fingerprint density at radius 2 is 1.76 bits per heavy atom. The molecule has 0 amide bonds. The molecule has 0 bridgehead atoms. The summed E-state index contributed by atoms with van der Waals surface area (Å²) in [6.07, 6.45) is 1.01. The quantitative estimate of drug-likeness (QED) is 0.589. The molecule has 1 aromatic rings. The number of aryl methyl sites for hydroxylation is 1. The van der Waals surface area contributed by atoms with Gasteiger partial charge in [-0.3, -0.25) is 0 Å². The van der Waals surface area contributed by atoms with Crippen molar-refractivity contribution in [1.82, 2.24) is 0 Å². The van der Waals surface area contributed by atoms with Crippen LogP contribution in [0.25, 0.3) is 0 Å². The van der Waals surface area contributed by atoms with Crippen LogP contribution in [-0.2, 0) is 10.2 Å². The third-order valence-electron chi connectivity index (χ3n) is 2.62. The minimum atomic E-state index is -0.425. The summed E-state index contributed by atoms with van der Waals surface area (Å²) < 4.78 is 0. The Morgan fingerprint density at radius 1 is 1.24 bits per heavy atom. The van der Waals surface area contributed by atoms with Crippen molar-refractivity contribution in [2.75, 3.05) is 19.0 Å². The number of benzene rings is 1. The Balaban J connectivity index is 0.00000121. The van der Waals surface area contributed by atoms with Gasteiger partial charge in [0.15, 0.2) is 0 Å². The van der Waals surface area contributed by atoms with E-state index in [0.29, 0.717) is 0 Å². The maximum absolute atomic E-state index is 11.1. The Labute approximate surface area is 105 Å². The van der Waals surface area contributed by atoms with Crippen LogP contribution in [0.1, 0.15) is 25.0 Å². The van der Waals surface area contributed by atoms with Gasteiger partial charge in [0.2, 0.25) is 0 Å². The normalized spacial score (nSPS) is 10.2. The molecular weight excluding hydrogens is 210 g/mol. The zero-order valence-electron chi connectivity index (χ0n) is 11.6. The highest BCUT2D eigenvalue weighted by Crippen LogP contribution is 2.30. The number of carbonyl (C=O) groups excluding carboxylic acids is 1. The van der Waals surface area contributed by atoms with Crippen LogP contribution in [0.3, 0.4) is 0 Å². The van der Waals surface area contributed by atoms with Gasteiger partial charge in [0.1, 0.15) is 6.29 Å². The number of nitrogens with zero attached hydrogens (tertiary/aromatic N) is 1. The van der Waals surface area contributed by atoms with Crippen LogP contribution in [0, 0.1) is 6.92 Å². The second kappa shape index (κ2) is 6.24. The van der Waals surface area contributed by atoms with E-state index in [1.54, 1.807) is 0 Å². The van der Waals surface area contributed by atoms with Gasteiger partial charge in [-0.05, 0) is 32.4 Å². The molecule has 1 rings (SSSR count). The molecule has 0 atom stereocenters. The molecule has 0 saturated carbocycles. The van der Waals surface area contributed by atoms with E-state index in [4.69, 9.17) is 0 Å². The van der Waals surface area contributed by atoms with Crippen molar-refractivity contribution in [1.29, 1.82) is 0 Å². The monoisotopic (exact) mass is 233 g/mol. The van der Waals surface area contributed by atoms with Crippen LogP contribution >= 0.6 is 0 Å². The van der Waals surface area contributed by atoms with Gasteiger partial charge >= 0.3 is 0 Å². The third kappa shape index (κ3) is 3.74. The fourth-order valence-electron chi connectivity index (χ4n) is 1.62. The number of hydrogen-bond acceptors (Lipinski definition) is 2. The van der Waals surface area contributed by atoms with Crippen LogP contribution < -0.4 is 4.90 Å². The minimum Gasteiger partial charge on any atom is -0.377 e. The molecule has 0 heterocycles. The van der Waals surface area contributed by atoms with Gasteiger partial charge in [0.25, 0.3) is 0 Å². The summed E-state index contributed by atoms with van der Waals surface area (Å²) in [4.78, 5) is 13.1. The summed E-state index contributed by atoms with van der Waals surface area (Å²) in [6, 6.07) is 6.22. The molecule has 0 unspecified atom stereocenters. The maximum atomic E-state index is 11.1. The molecule has 0 aliphatic rings. The van der Waals surface area contributed by atoms with E-state index in [9.17, 15) is 4.79 Å². The van der Waals surface area contributed by atoms with Gasteiger partial charge in [-0.25, -0.2) is 0 Å². The molecule has 0 fully saturated rings. The highest BCUT2D eigenvalue weighted by Gasteiger charge is 2.23. The Kier molecular flexibility index (Phi) is 5.66. The lowest BCUT2D eigenvalue weighted by molar-refractivity contribution is -0.111. The molecule has 0 aromatic heterocycles. The number of hydrogen-bond donors (Lipinski definition) is 0. The molecule has 2 nitrogen and oxygen atoms in total. The van der Waals surface area contributed by atoms with E-state index in [-0.39, 0.29) is 0 Å². The van der Waals surface area contributed by atoms with Crippen LogP contribution in [0.15, 0.2) is 31.4 Å². The van der Waals surface area contributed by atoms with Crippen molar-refractivity contribution >= 4 is 12.0 Å². The van der Waals surface area contributed by atoms with Gasteiger partial charge in [-0.15, -0.1) is 13.2 Å². The molecule has 0 aliphatic carbocycles.